The standard InChI is InChI=1S/C24H46O5/c1-4-5-6-7-8-9-10-11-14-19-28-23(25)15-12-13-16-24(26)29-21-18-22(2)17-20-27-3/h22H,4-21H2,1-3H3. The molecule has 0 bridgehead atoms. The summed E-state index contributed by atoms with van der Waals surface area (Å²) >= 11 is 0. The van der Waals surface area contributed by atoms with E-state index in [1.807, 2.05) is 0 Å². The van der Waals surface area contributed by atoms with Crippen molar-refractivity contribution < 1.29 is 23.8 Å². The zero-order valence-electron chi connectivity index (χ0n) is 19.3. The highest BCUT2D eigenvalue weighted by atomic mass is 16.5. The Kier molecular flexibility index (Phi) is 20.8. The van der Waals surface area contributed by atoms with Crippen molar-refractivity contribution in [3.8, 4) is 0 Å². The van der Waals surface area contributed by atoms with E-state index in [4.69, 9.17) is 14.2 Å². The summed E-state index contributed by atoms with van der Waals surface area (Å²) in [6.45, 7) is 6.10. The summed E-state index contributed by atoms with van der Waals surface area (Å²) in [6, 6.07) is 0. The van der Waals surface area contributed by atoms with Crippen molar-refractivity contribution in [2.24, 2.45) is 5.92 Å². The van der Waals surface area contributed by atoms with Crippen LogP contribution in [-0.2, 0) is 23.8 Å². The third-order valence-corrected chi connectivity index (χ3v) is 5.21. The number of unbranched alkanes of at least 4 members (excludes halogenated alkanes) is 9. The van der Waals surface area contributed by atoms with Crippen LogP contribution in [0.25, 0.3) is 0 Å². The van der Waals surface area contributed by atoms with E-state index in [-0.39, 0.29) is 11.9 Å². The topological polar surface area (TPSA) is 61.8 Å². The molecule has 0 aliphatic rings. The minimum atomic E-state index is -0.174. The molecule has 0 saturated heterocycles. The lowest BCUT2D eigenvalue weighted by atomic mass is 10.1. The maximum atomic E-state index is 11.7. The molecule has 0 fully saturated rings. The van der Waals surface area contributed by atoms with E-state index in [0.29, 0.717) is 44.8 Å². The second-order valence-electron chi connectivity index (χ2n) is 8.15. The fourth-order valence-electron chi connectivity index (χ4n) is 3.12. The lowest BCUT2D eigenvalue weighted by Crippen LogP contribution is -2.10. The molecule has 5 nitrogen and oxygen atoms in total. The van der Waals surface area contributed by atoms with Gasteiger partial charge in [0.25, 0.3) is 0 Å². The highest BCUT2D eigenvalue weighted by Crippen LogP contribution is 2.11. The number of rotatable bonds is 21. The summed E-state index contributed by atoms with van der Waals surface area (Å²) in [5.41, 5.74) is 0. The third kappa shape index (κ3) is 21.4. The first kappa shape index (κ1) is 27.9. The fourth-order valence-corrected chi connectivity index (χ4v) is 3.12. The molecular formula is C24H46O5. The van der Waals surface area contributed by atoms with Gasteiger partial charge in [0.15, 0.2) is 0 Å². The maximum Gasteiger partial charge on any atom is 0.305 e. The van der Waals surface area contributed by atoms with Gasteiger partial charge in [-0.25, -0.2) is 0 Å². The monoisotopic (exact) mass is 414 g/mol. The van der Waals surface area contributed by atoms with Crippen molar-refractivity contribution in [3.63, 3.8) is 0 Å². The van der Waals surface area contributed by atoms with Crippen molar-refractivity contribution in [3.05, 3.63) is 0 Å². The van der Waals surface area contributed by atoms with Crippen LogP contribution < -0.4 is 0 Å². The number of hydrogen-bond acceptors (Lipinski definition) is 5. The predicted molar refractivity (Wildman–Crippen MR) is 118 cm³/mol. The van der Waals surface area contributed by atoms with E-state index in [1.165, 1.54) is 44.9 Å². The van der Waals surface area contributed by atoms with Crippen molar-refractivity contribution >= 4 is 11.9 Å². The molecule has 0 aromatic heterocycles. The number of esters is 2. The normalized spacial score (nSPS) is 12.0. The first-order valence-electron chi connectivity index (χ1n) is 11.9. The van der Waals surface area contributed by atoms with E-state index in [2.05, 4.69) is 13.8 Å². The molecule has 0 heterocycles. The Bertz CT molecular complexity index is 383. The van der Waals surface area contributed by atoms with E-state index in [9.17, 15) is 9.59 Å². The molecule has 0 amide bonds. The molecule has 0 radical (unpaired) electrons. The average molecular weight is 415 g/mol. The maximum absolute atomic E-state index is 11.7. The van der Waals surface area contributed by atoms with Crippen molar-refractivity contribution in [2.45, 2.75) is 110 Å². The fraction of sp³-hybridized carbons (Fsp3) is 0.917. The number of methoxy groups -OCH3 is 1. The van der Waals surface area contributed by atoms with Crippen LogP contribution in [0, 0.1) is 5.92 Å². The molecule has 1 atom stereocenters. The van der Waals surface area contributed by atoms with Gasteiger partial charge < -0.3 is 14.2 Å². The SMILES string of the molecule is CCCCCCCCCCCOC(=O)CCCCC(=O)OCCC(C)CCOC. The van der Waals surface area contributed by atoms with E-state index < -0.39 is 0 Å². The van der Waals surface area contributed by atoms with Crippen LogP contribution in [0.3, 0.4) is 0 Å². The number of carbonyl (C=O) groups is 2. The summed E-state index contributed by atoms with van der Waals surface area (Å²) < 4.78 is 15.5. The van der Waals surface area contributed by atoms with Crippen LogP contribution >= 0.6 is 0 Å². The Labute approximate surface area is 179 Å². The molecule has 0 aliphatic heterocycles. The second kappa shape index (κ2) is 21.6. The summed E-state index contributed by atoms with van der Waals surface area (Å²) in [5.74, 6) is 0.167. The minimum absolute atomic E-state index is 0.148. The van der Waals surface area contributed by atoms with Gasteiger partial charge in [-0.2, -0.15) is 0 Å². The first-order valence-corrected chi connectivity index (χ1v) is 11.9. The minimum Gasteiger partial charge on any atom is -0.466 e. The quantitative estimate of drug-likeness (QED) is 0.165. The molecular weight excluding hydrogens is 368 g/mol. The van der Waals surface area contributed by atoms with Crippen LogP contribution in [0.4, 0.5) is 0 Å². The van der Waals surface area contributed by atoms with Gasteiger partial charge >= 0.3 is 11.9 Å². The zero-order chi connectivity index (χ0) is 21.6. The predicted octanol–water partition coefficient (Wildman–Crippen LogP) is 6.23. The van der Waals surface area contributed by atoms with E-state index >= 15 is 0 Å². The molecule has 0 aromatic carbocycles. The van der Waals surface area contributed by atoms with Crippen LogP contribution in [0.15, 0.2) is 0 Å². The second-order valence-corrected chi connectivity index (χ2v) is 8.15. The molecule has 1 unspecified atom stereocenters. The van der Waals surface area contributed by atoms with E-state index in [0.717, 1.165) is 32.3 Å². The zero-order valence-corrected chi connectivity index (χ0v) is 19.3. The van der Waals surface area contributed by atoms with Crippen LogP contribution in [-0.4, -0.2) is 38.9 Å². The average Bonchev–Trinajstić information content (AvgIpc) is 2.71. The van der Waals surface area contributed by atoms with Crippen LogP contribution in [0.5, 0.6) is 0 Å². The van der Waals surface area contributed by atoms with Gasteiger partial charge in [0.1, 0.15) is 0 Å². The summed E-state index contributed by atoms with van der Waals surface area (Å²) in [4.78, 5) is 23.4. The summed E-state index contributed by atoms with van der Waals surface area (Å²) in [7, 11) is 1.69. The Hall–Kier alpha value is -1.10. The number of hydrogen-bond donors (Lipinski definition) is 0. The first-order chi connectivity index (χ1) is 14.1. The van der Waals surface area contributed by atoms with Crippen molar-refractivity contribution in [2.75, 3.05) is 26.9 Å². The Morgan fingerprint density at radius 2 is 1.14 bits per heavy atom. The molecule has 0 spiro atoms. The molecule has 0 N–H and O–H groups in total. The molecule has 172 valence electrons. The van der Waals surface area contributed by atoms with Gasteiger partial charge in [0.05, 0.1) is 13.2 Å². The van der Waals surface area contributed by atoms with Gasteiger partial charge in [-0.3, -0.25) is 9.59 Å². The van der Waals surface area contributed by atoms with Gasteiger partial charge in [-0.1, -0.05) is 65.2 Å². The smallest absolute Gasteiger partial charge is 0.305 e. The van der Waals surface area contributed by atoms with Gasteiger partial charge in [-0.05, 0) is 38.0 Å². The lowest BCUT2D eigenvalue weighted by molar-refractivity contribution is -0.146. The highest BCUT2D eigenvalue weighted by molar-refractivity contribution is 5.70. The van der Waals surface area contributed by atoms with E-state index in [1.54, 1.807) is 7.11 Å². The molecule has 0 aliphatic carbocycles. The summed E-state index contributed by atoms with van der Waals surface area (Å²) in [6.07, 6.45) is 15.3. The lowest BCUT2D eigenvalue weighted by Gasteiger charge is -2.11. The van der Waals surface area contributed by atoms with Crippen LogP contribution in [0.2, 0.25) is 0 Å². The highest BCUT2D eigenvalue weighted by Gasteiger charge is 2.08. The largest absolute Gasteiger partial charge is 0.466 e. The van der Waals surface area contributed by atoms with Crippen LogP contribution in [0.1, 0.15) is 110 Å². The number of ether oxygens (including phenoxy) is 3. The van der Waals surface area contributed by atoms with Gasteiger partial charge in [0.2, 0.25) is 0 Å². The number of carbonyl (C=O) groups excluding carboxylic acids is 2. The molecule has 0 aromatic rings. The third-order valence-electron chi connectivity index (χ3n) is 5.21. The van der Waals surface area contributed by atoms with Gasteiger partial charge in [0, 0.05) is 26.6 Å². The molecule has 29 heavy (non-hydrogen) atoms. The summed E-state index contributed by atoms with van der Waals surface area (Å²) in [5, 5.41) is 0. The van der Waals surface area contributed by atoms with Gasteiger partial charge in [-0.15, -0.1) is 0 Å². The van der Waals surface area contributed by atoms with Crippen molar-refractivity contribution in [1.29, 1.82) is 0 Å². The Balaban J connectivity index is 3.37. The van der Waals surface area contributed by atoms with Crippen molar-refractivity contribution in [1.82, 2.24) is 0 Å². The molecule has 0 rings (SSSR count). The molecule has 5 heteroatoms. The Morgan fingerprint density at radius 3 is 1.69 bits per heavy atom. The molecule has 0 saturated carbocycles. The Morgan fingerprint density at radius 1 is 0.655 bits per heavy atom.